The van der Waals surface area contributed by atoms with E-state index in [1.165, 1.54) is 64.7 Å². The van der Waals surface area contributed by atoms with Crippen LogP contribution in [0.2, 0.25) is 0 Å². The zero-order valence-electron chi connectivity index (χ0n) is 37.9. The highest BCUT2D eigenvalue weighted by Gasteiger charge is 2.38. The van der Waals surface area contributed by atoms with Gasteiger partial charge in [-0.25, -0.2) is 27.2 Å². The largest absolute Gasteiger partial charge is 0.489 e. The molecule has 0 bridgehead atoms. The summed E-state index contributed by atoms with van der Waals surface area (Å²) in [4.78, 5) is 57.5. The Morgan fingerprint density at radius 3 is 1.34 bits per heavy atom. The minimum absolute atomic E-state index is 0.0844. The molecular formula is C48H48F10N4O8. The molecular weight excluding hydrogens is 951 g/mol. The predicted molar refractivity (Wildman–Crippen MR) is 234 cm³/mol. The van der Waals surface area contributed by atoms with Crippen molar-refractivity contribution in [3.05, 3.63) is 120 Å². The van der Waals surface area contributed by atoms with E-state index in [4.69, 9.17) is 14.6 Å². The SMILES string of the molecule is CC.CCOC(=O)/C=C\COc1ccc(-c2ccc(C(=O)N3CCC(F)(F)CC3)cn2)cc1C(F)(F)F.O=C(O)/C=C\COc1ccc(-c2ccc(C(=O)N3CCC(F)(F)CC3)cn2)cc1C(F)(F)F. The lowest BCUT2D eigenvalue weighted by Gasteiger charge is -2.31. The van der Waals surface area contributed by atoms with Crippen LogP contribution in [0.25, 0.3) is 22.5 Å². The lowest BCUT2D eigenvalue weighted by molar-refractivity contribution is -0.139. The number of hydrogen-bond donors (Lipinski definition) is 1. The number of rotatable bonds is 13. The third kappa shape index (κ3) is 16.3. The molecule has 0 saturated carbocycles. The van der Waals surface area contributed by atoms with Gasteiger partial charge in [0.15, 0.2) is 0 Å². The Labute approximate surface area is 395 Å². The van der Waals surface area contributed by atoms with Crippen molar-refractivity contribution in [1.82, 2.24) is 19.8 Å². The molecule has 378 valence electrons. The Morgan fingerprint density at radius 2 is 1.01 bits per heavy atom. The van der Waals surface area contributed by atoms with E-state index in [0.717, 1.165) is 42.5 Å². The van der Waals surface area contributed by atoms with Crippen molar-refractivity contribution in [1.29, 1.82) is 0 Å². The summed E-state index contributed by atoms with van der Waals surface area (Å²) in [7, 11) is 0. The van der Waals surface area contributed by atoms with E-state index in [2.05, 4.69) is 14.7 Å². The fourth-order valence-electron chi connectivity index (χ4n) is 6.65. The fourth-order valence-corrected chi connectivity index (χ4v) is 6.65. The average Bonchev–Trinajstić information content (AvgIpc) is 3.32. The first-order chi connectivity index (χ1) is 33.0. The van der Waals surface area contributed by atoms with Gasteiger partial charge in [-0.15, -0.1) is 0 Å². The highest BCUT2D eigenvalue weighted by Crippen LogP contribution is 2.40. The van der Waals surface area contributed by atoms with E-state index in [-0.39, 0.29) is 79.6 Å². The molecule has 12 nitrogen and oxygen atoms in total. The molecule has 0 aliphatic carbocycles. The van der Waals surface area contributed by atoms with Gasteiger partial charge in [0.25, 0.3) is 23.7 Å². The second-order valence-corrected chi connectivity index (χ2v) is 15.1. The van der Waals surface area contributed by atoms with Gasteiger partial charge in [-0.05, 0) is 79.7 Å². The summed E-state index contributed by atoms with van der Waals surface area (Å²) in [6.07, 6.45) is -4.62. The summed E-state index contributed by atoms with van der Waals surface area (Å²) in [5, 5.41) is 8.52. The number of hydrogen-bond acceptors (Lipinski definition) is 9. The van der Waals surface area contributed by atoms with Crippen molar-refractivity contribution in [2.75, 3.05) is 46.0 Å². The first-order valence-electron chi connectivity index (χ1n) is 21.6. The Bertz CT molecular complexity index is 2460. The van der Waals surface area contributed by atoms with Crippen molar-refractivity contribution < 1.29 is 82.4 Å². The fraction of sp³-hybridized carbons (Fsp3) is 0.375. The topological polar surface area (TPSA) is 148 Å². The van der Waals surface area contributed by atoms with Gasteiger partial charge in [0.1, 0.15) is 24.7 Å². The number of halogens is 10. The molecule has 4 aromatic rings. The third-order valence-electron chi connectivity index (χ3n) is 10.2. The smallest absolute Gasteiger partial charge is 0.419 e. The van der Waals surface area contributed by atoms with E-state index in [1.807, 2.05) is 13.8 Å². The minimum Gasteiger partial charge on any atom is -0.489 e. The summed E-state index contributed by atoms with van der Waals surface area (Å²) in [6, 6.07) is 12.2. The molecule has 0 atom stereocenters. The van der Waals surface area contributed by atoms with Gasteiger partial charge in [0.05, 0.1) is 40.2 Å². The molecule has 2 aromatic heterocycles. The van der Waals surface area contributed by atoms with Crippen LogP contribution in [0.1, 0.15) is 78.3 Å². The highest BCUT2D eigenvalue weighted by molar-refractivity contribution is 5.95. The molecule has 0 radical (unpaired) electrons. The van der Waals surface area contributed by atoms with Gasteiger partial charge in [0, 0.05) is 87.5 Å². The van der Waals surface area contributed by atoms with Gasteiger partial charge < -0.3 is 29.1 Å². The van der Waals surface area contributed by atoms with Crippen molar-refractivity contribution in [3.63, 3.8) is 0 Å². The van der Waals surface area contributed by atoms with Gasteiger partial charge in [-0.1, -0.05) is 13.8 Å². The molecule has 2 aliphatic heterocycles. The quantitative estimate of drug-likeness (QED) is 0.0779. The van der Waals surface area contributed by atoms with Crippen LogP contribution in [-0.2, 0) is 26.7 Å². The number of carbonyl (C=O) groups excluding carboxylic acids is 3. The second kappa shape index (κ2) is 24.5. The van der Waals surface area contributed by atoms with E-state index >= 15 is 0 Å². The Morgan fingerprint density at radius 1 is 0.629 bits per heavy atom. The third-order valence-corrected chi connectivity index (χ3v) is 10.2. The number of ether oxygens (including phenoxy) is 3. The van der Waals surface area contributed by atoms with Crippen molar-refractivity contribution >= 4 is 23.8 Å². The summed E-state index contributed by atoms with van der Waals surface area (Å²) < 4.78 is 149. The molecule has 2 amide bonds. The van der Waals surface area contributed by atoms with Crippen LogP contribution in [0.5, 0.6) is 11.5 Å². The molecule has 0 spiro atoms. The molecule has 70 heavy (non-hydrogen) atoms. The molecule has 0 unspecified atom stereocenters. The number of alkyl halides is 10. The van der Waals surface area contributed by atoms with Gasteiger partial charge in [-0.3, -0.25) is 19.6 Å². The monoisotopic (exact) mass is 998 g/mol. The van der Waals surface area contributed by atoms with Gasteiger partial charge in [-0.2, -0.15) is 26.3 Å². The number of pyridine rings is 2. The van der Waals surface area contributed by atoms with E-state index < -0.39 is 96.3 Å². The number of piperidine rings is 2. The van der Waals surface area contributed by atoms with Crippen LogP contribution < -0.4 is 9.47 Å². The highest BCUT2D eigenvalue weighted by atomic mass is 19.4. The van der Waals surface area contributed by atoms with Crippen molar-refractivity contribution in [3.8, 4) is 34.0 Å². The van der Waals surface area contributed by atoms with Gasteiger partial charge >= 0.3 is 24.3 Å². The van der Waals surface area contributed by atoms with E-state index in [9.17, 15) is 63.1 Å². The molecule has 2 aromatic carbocycles. The minimum atomic E-state index is -4.74. The Hall–Kier alpha value is -7.00. The number of likely N-dealkylation sites (tertiary alicyclic amines) is 2. The predicted octanol–water partition coefficient (Wildman–Crippen LogP) is 10.8. The second-order valence-electron chi connectivity index (χ2n) is 15.1. The molecule has 2 saturated heterocycles. The number of esters is 1. The summed E-state index contributed by atoms with van der Waals surface area (Å²) >= 11 is 0. The maximum atomic E-state index is 13.6. The molecule has 1 N–H and O–H groups in total. The van der Waals surface area contributed by atoms with Crippen molar-refractivity contribution in [2.45, 2.75) is 70.7 Å². The zero-order valence-corrected chi connectivity index (χ0v) is 37.9. The molecule has 2 fully saturated rings. The van der Waals surface area contributed by atoms with Crippen molar-refractivity contribution in [2.24, 2.45) is 0 Å². The van der Waals surface area contributed by atoms with Gasteiger partial charge in [0.2, 0.25) is 0 Å². The molecule has 4 heterocycles. The Kier molecular flexibility index (Phi) is 19.5. The van der Waals surface area contributed by atoms with Crippen LogP contribution >= 0.6 is 0 Å². The number of carboxylic acid groups (broad SMARTS) is 1. The van der Waals surface area contributed by atoms with Crippen LogP contribution in [0, 0.1) is 0 Å². The van der Waals surface area contributed by atoms with E-state index in [0.29, 0.717) is 0 Å². The standard InChI is InChI=1S/C24H23F5N2O4.C22H19F5N2O4.C2H6/c1-2-34-21(32)4-3-13-35-20-8-6-16(14-18(20)24(27,28)29)19-7-5-17(15-30-19)22(33)31-11-9-23(25,26)10-12-31;23-21(24)7-9-29(10-8-21)20(32)15-3-5-17(28-13-15)14-4-6-18(16(12-14)22(25,26)27)33-11-1-2-19(30)31;1-2/h3-8,14-15H,2,9-13H2,1H3;1-6,12-13H,7-11H2,(H,30,31);1-2H3/b4-3-;2-1-;. The number of benzene rings is 2. The first kappa shape index (κ1) is 55.6. The molecule has 6 rings (SSSR count). The Balaban J connectivity index is 0.000000295. The number of aromatic nitrogens is 2. The maximum absolute atomic E-state index is 13.6. The van der Waals surface area contributed by atoms with Crippen LogP contribution in [0.4, 0.5) is 43.9 Å². The zero-order chi connectivity index (χ0) is 51.9. The van der Waals surface area contributed by atoms with Crippen LogP contribution in [0.3, 0.4) is 0 Å². The summed E-state index contributed by atoms with van der Waals surface area (Å²) in [5.41, 5.74) is -1.19. The number of amides is 2. The van der Waals surface area contributed by atoms with E-state index in [1.54, 1.807) is 6.92 Å². The molecule has 22 heteroatoms. The lowest BCUT2D eigenvalue weighted by atomic mass is 10.0. The number of carbonyl (C=O) groups is 4. The summed E-state index contributed by atoms with van der Waals surface area (Å²) in [6.45, 7) is 4.79. The van der Waals surface area contributed by atoms with Crippen LogP contribution in [0.15, 0.2) is 97.4 Å². The number of carboxylic acids is 1. The normalized spacial score (nSPS) is 15.6. The lowest BCUT2D eigenvalue weighted by Crippen LogP contribution is -2.42. The average molecular weight is 999 g/mol. The maximum Gasteiger partial charge on any atom is 0.419 e. The number of aliphatic carboxylic acids is 1. The number of nitrogens with zero attached hydrogens (tertiary/aromatic N) is 4. The van der Waals surface area contributed by atoms with Crippen LogP contribution in [-0.4, -0.2) is 106 Å². The first-order valence-corrected chi connectivity index (χ1v) is 21.6. The summed E-state index contributed by atoms with van der Waals surface area (Å²) in [5.74, 6) is -9.31. The molecule has 2 aliphatic rings.